The van der Waals surface area contributed by atoms with E-state index in [1.54, 1.807) is 30.3 Å². The highest BCUT2D eigenvalue weighted by atomic mass is 16.7. The lowest BCUT2D eigenvalue weighted by atomic mass is 10.1. The van der Waals surface area contributed by atoms with Gasteiger partial charge in [-0.15, -0.1) is 0 Å². The number of nitrogens with zero attached hydrogens (tertiary/aromatic N) is 1. The SMILES string of the molecule is N#Cc1ccc(/C=C/C(=O)NOC2CCCC2)cc1. The highest BCUT2D eigenvalue weighted by Gasteiger charge is 2.16. The van der Waals surface area contributed by atoms with Gasteiger partial charge in [0.1, 0.15) is 0 Å². The van der Waals surface area contributed by atoms with E-state index in [0.29, 0.717) is 5.56 Å². The molecule has 1 aliphatic rings. The molecule has 1 aliphatic carbocycles. The lowest BCUT2D eigenvalue weighted by Gasteiger charge is -2.09. The van der Waals surface area contributed by atoms with Crippen LogP contribution in [0.4, 0.5) is 0 Å². The Labute approximate surface area is 112 Å². The van der Waals surface area contributed by atoms with Crippen molar-refractivity contribution in [2.24, 2.45) is 0 Å². The van der Waals surface area contributed by atoms with Crippen molar-refractivity contribution >= 4 is 12.0 Å². The van der Waals surface area contributed by atoms with E-state index < -0.39 is 0 Å². The molecule has 1 amide bonds. The Balaban J connectivity index is 1.80. The molecule has 1 aromatic rings. The third kappa shape index (κ3) is 4.23. The van der Waals surface area contributed by atoms with Gasteiger partial charge in [0.2, 0.25) is 0 Å². The summed E-state index contributed by atoms with van der Waals surface area (Å²) in [5.41, 5.74) is 3.91. The van der Waals surface area contributed by atoms with E-state index in [4.69, 9.17) is 10.1 Å². The second-order valence-corrected chi connectivity index (χ2v) is 4.56. The minimum atomic E-state index is -0.267. The van der Waals surface area contributed by atoms with Crippen LogP contribution in [0.5, 0.6) is 0 Å². The Morgan fingerprint density at radius 2 is 2.00 bits per heavy atom. The summed E-state index contributed by atoms with van der Waals surface area (Å²) in [5.74, 6) is -0.267. The smallest absolute Gasteiger partial charge is 0.267 e. The average molecular weight is 256 g/mol. The molecular formula is C15H16N2O2. The van der Waals surface area contributed by atoms with Crippen LogP contribution in [0.1, 0.15) is 36.8 Å². The third-order valence-electron chi connectivity index (χ3n) is 3.10. The minimum absolute atomic E-state index is 0.160. The van der Waals surface area contributed by atoms with Gasteiger partial charge < -0.3 is 0 Å². The quantitative estimate of drug-likeness (QED) is 0.665. The van der Waals surface area contributed by atoms with E-state index in [1.165, 1.54) is 18.9 Å². The number of amides is 1. The van der Waals surface area contributed by atoms with Gasteiger partial charge in [0, 0.05) is 6.08 Å². The van der Waals surface area contributed by atoms with Gasteiger partial charge in [0.05, 0.1) is 17.7 Å². The molecule has 0 bridgehead atoms. The van der Waals surface area contributed by atoms with Crippen LogP contribution < -0.4 is 5.48 Å². The van der Waals surface area contributed by atoms with Gasteiger partial charge >= 0.3 is 0 Å². The summed E-state index contributed by atoms with van der Waals surface area (Å²) < 4.78 is 0. The summed E-state index contributed by atoms with van der Waals surface area (Å²) in [6.07, 6.45) is 7.64. The molecule has 0 aliphatic heterocycles. The minimum Gasteiger partial charge on any atom is -0.270 e. The zero-order chi connectivity index (χ0) is 13.5. The van der Waals surface area contributed by atoms with Crippen LogP contribution in [-0.4, -0.2) is 12.0 Å². The van der Waals surface area contributed by atoms with Crippen LogP contribution in [0.15, 0.2) is 30.3 Å². The zero-order valence-electron chi connectivity index (χ0n) is 10.6. The number of nitrogens with one attached hydrogen (secondary N) is 1. The van der Waals surface area contributed by atoms with E-state index in [-0.39, 0.29) is 12.0 Å². The maximum absolute atomic E-state index is 11.5. The summed E-state index contributed by atoms with van der Waals surface area (Å²) >= 11 is 0. The Morgan fingerprint density at radius 3 is 2.63 bits per heavy atom. The van der Waals surface area contributed by atoms with Gasteiger partial charge in [-0.2, -0.15) is 5.26 Å². The molecule has 19 heavy (non-hydrogen) atoms. The summed E-state index contributed by atoms with van der Waals surface area (Å²) in [6, 6.07) is 9.06. The molecule has 0 saturated heterocycles. The molecular weight excluding hydrogens is 240 g/mol. The van der Waals surface area contributed by atoms with E-state index in [1.807, 2.05) is 6.07 Å². The first-order valence-corrected chi connectivity index (χ1v) is 6.42. The zero-order valence-corrected chi connectivity index (χ0v) is 10.6. The highest BCUT2D eigenvalue weighted by Crippen LogP contribution is 2.19. The first-order valence-electron chi connectivity index (χ1n) is 6.42. The molecule has 0 aromatic heterocycles. The molecule has 0 heterocycles. The van der Waals surface area contributed by atoms with Crippen molar-refractivity contribution in [2.45, 2.75) is 31.8 Å². The molecule has 1 aromatic carbocycles. The average Bonchev–Trinajstić information content (AvgIpc) is 2.96. The van der Waals surface area contributed by atoms with Gasteiger partial charge in [0.15, 0.2) is 0 Å². The molecule has 0 spiro atoms. The Bertz CT molecular complexity index is 494. The summed E-state index contributed by atoms with van der Waals surface area (Å²) in [7, 11) is 0. The largest absolute Gasteiger partial charge is 0.270 e. The molecule has 0 atom stereocenters. The molecule has 0 unspecified atom stereocenters. The molecule has 4 heteroatoms. The van der Waals surface area contributed by atoms with Crippen LogP contribution >= 0.6 is 0 Å². The van der Waals surface area contributed by atoms with Gasteiger partial charge in [-0.1, -0.05) is 25.0 Å². The van der Waals surface area contributed by atoms with Crippen molar-refractivity contribution in [3.8, 4) is 6.07 Å². The first-order chi connectivity index (χ1) is 9.28. The van der Waals surface area contributed by atoms with E-state index >= 15 is 0 Å². The number of hydrogen-bond acceptors (Lipinski definition) is 3. The van der Waals surface area contributed by atoms with Crippen molar-refractivity contribution < 1.29 is 9.63 Å². The van der Waals surface area contributed by atoms with Crippen LogP contribution in [0, 0.1) is 11.3 Å². The molecule has 1 saturated carbocycles. The standard InChI is InChI=1S/C15H16N2O2/c16-11-13-7-5-12(6-8-13)9-10-15(18)17-19-14-3-1-2-4-14/h5-10,14H,1-4H2,(H,17,18)/b10-9+. The van der Waals surface area contributed by atoms with Gasteiger partial charge in [0.25, 0.3) is 5.91 Å². The number of hydroxylamine groups is 1. The highest BCUT2D eigenvalue weighted by molar-refractivity contribution is 5.90. The normalized spacial score (nSPS) is 15.5. The fourth-order valence-corrected chi connectivity index (χ4v) is 2.02. The van der Waals surface area contributed by atoms with Crippen molar-refractivity contribution in [1.82, 2.24) is 5.48 Å². The van der Waals surface area contributed by atoms with Crippen LogP contribution in [0.25, 0.3) is 6.08 Å². The van der Waals surface area contributed by atoms with Gasteiger partial charge in [-0.25, -0.2) is 5.48 Å². The second-order valence-electron chi connectivity index (χ2n) is 4.56. The lowest BCUT2D eigenvalue weighted by molar-refractivity contribution is -0.132. The van der Waals surface area contributed by atoms with Crippen LogP contribution in [0.2, 0.25) is 0 Å². The molecule has 1 fully saturated rings. The predicted octanol–water partition coefficient (Wildman–Crippen LogP) is 2.56. The van der Waals surface area contributed by atoms with Gasteiger partial charge in [-0.05, 0) is 36.6 Å². The number of nitriles is 1. The summed E-state index contributed by atoms with van der Waals surface area (Å²) in [4.78, 5) is 16.8. The maximum atomic E-state index is 11.5. The Hall–Kier alpha value is -2.12. The monoisotopic (exact) mass is 256 g/mol. The van der Waals surface area contributed by atoms with Crippen molar-refractivity contribution in [1.29, 1.82) is 5.26 Å². The molecule has 0 radical (unpaired) electrons. The maximum Gasteiger partial charge on any atom is 0.267 e. The van der Waals surface area contributed by atoms with Gasteiger partial charge in [-0.3, -0.25) is 9.63 Å². The van der Waals surface area contributed by atoms with E-state index in [0.717, 1.165) is 18.4 Å². The predicted molar refractivity (Wildman–Crippen MR) is 71.7 cm³/mol. The van der Waals surface area contributed by atoms with E-state index in [2.05, 4.69) is 5.48 Å². The molecule has 4 nitrogen and oxygen atoms in total. The molecule has 98 valence electrons. The van der Waals surface area contributed by atoms with Crippen molar-refractivity contribution in [3.05, 3.63) is 41.5 Å². The number of hydrogen-bond donors (Lipinski definition) is 1. The summed E-state index contributed by atoms with van der Waals surface area (Å²) in [5, 5.41) is 8.67. The molecule has 2 rings (SSSR count). The fraction of sp³-hybridized carbons (Fsp3) is 0.333. The molecule has 1 N–H and O–H groups in total. The Morgan fingerprint density at radius 1 is 1.32 bits per heavy atom. The first kappa shape index (κ1) is 13.3. The summed E-state index contributed by atoms with van der Waals surface area (Å²) in [6.45, 7) is 0. The fourth-order valence-electron chi connectivity index (χ4n) is 2.02. The number of carbonyl (C=O) groups excluding carboxylic acids is 1. The van der Waals surface area contributed by atoms with E-state index in [9.17, 15) is 4.79 Å². The van der Waals surface area contributed by atoms with Crippen molar-refractivity contribution in [2.75, 3.05) is 0 Å². The number of benzene rings is 1. The third-order valence-corrected chi connectivity index (χ3v) is 3.10. The van der Waals surface area contributed by atoms with Crippen LogP contribution in [0.3, 0.4) is 0 Å². The lowest BCUT2D eigenvalue weighted by Crippen LogP contribution is -2.26. The number of carbonyl (C=O) groups is 1. The van der Waals surface area contributed by atoms with Crippen molar-refractivity contribution in [3.63, 3.8) is 0 Å². The van der Waals surface area contributed by atoms with Crippen LogP contribution in [-0.2, 0) is 9.63 Å². The number of rotatable bonds is 4. The Kier molecular flexibility index (Phi) is 4.71. The second kappa shape index (κ2) is 6.72. The topological polar surface area (TPSA) is 62.1 Å².